The van der Waals surface area contributed by atoms with Crippen LogP contribution in [0.25, 0.3) is 22.0 Å². The maximum absolute atomic E-state index is 13.7. The zero-order valence-corrected chi connectivity index (χ0v) is 13.8. The Hall–Kier alpha value is -3.27. The summed E-state index contributed by atoms with van der Waals surface area (Å²) in [6.45, 7) is 0.429. The molecule has 0 spiro atoms. The Bertz CT molecular complexity index is 1130. The highest BCUT2D eigenvalue weighted by Crippen LogP contribution is 2.28. The van der Waals surface area contributed by atoms with Crippen LogP contribution in [-0.2, 0) is 6.54 Å². The first-order chi connectivity index (χ1) is 12.6. The van der Waals surface area contributed by atoms with Crippen molar-refractivity contribution in [2.45, 2.75) is 6.54 Å². The average molecular weight is 347 g/mol. The summed E-state index contributed by atoms with van der Waals surface area (Å²) in [5, 5.41) is 0.771. The minimum atomic E-state index is -0.669. The lowest BCUT2D eigenvalue weighted by Crippen LogP contribution is -2.20. The number of fused-ring (bicyclic) bond motifs is 1. The van der Waals surface area contributed by atoms with Crippen molar-refractivity contribution >= 4 is 10.9 Å². The molecule has 26 heavy (non-hydrogen) atoms. The van der Waals surface area contributed by atoms with Gasteiger partial charge >= 0.3 is 0 Å². The number of benzene rings is 3. The van der Waals surface area contributed by atoms with E-state index in [1.165, 1.54) is 18.2 Å². The van der Waals surface area contributed by atoms with Gasteiger partial charge in [0.25, 0.3) is 5.56 Å². The van der Waals surface area contributed by atoms with Gasteiger partial charge in [-0.05, 0) is 34.9 Å². The lowest BCUT2D eigenvalue weighted by molar-refractivity contribution is 0.584. The SMILES string of the molecule is O=c1cc(-c2cc(F)cc(F)c2)c2ccccc2n1Cc1ccccc1. The minimum absolute atomic E-state index is 0.216. The summed E-state index contributed by atoms with van der Waals surface area (Å²) >= 11 is 0. The summed E-state index contributed by atoms with van der Waals surface area (Å²) in [5.41, 5.74) is 2.39. The maximum Gasteiger partial charge on any atom is 0.251 e. The van der Waals surface area contributed by atoms with Gasteiger partial charge in [0, 0.05) is 17.5 Å². The lowest BCUT2D eigenvalue weighted by atomic mass is 10.0. The molecule has 0 unspecified atom stereocenters. The second-order valence-electron chi connectivity index (χ2n) is 6.14. The van der Waals surface area contributed by atoms with Crippen molar-refractivity contribution in [2.24, 2.45) is 0 Å². The Morgan fingerprint density at radius 2 is 1.42 bits per heavy atom. The zero-order chi connectivity index (χ0) is 18.1. The van der Waals surface area contributed by atoms with Gasteiger partial charge in [0.1, 0.15) is 11.6 Å². The molecule has 4 aromatic rings. The number of nitrogens with zero attached hydrogens (tertiary/aromatic N) is 1. The van der Waals surface area contributed by atoms with Crippen molar-refractivity contribution in [3.63, 3.8) is 0 Å². The zero-order valence-electron chi connectivity index (χ0n) is 13.8. The third kappa shape index (κ3) is 3.02. The fourth-order valence-corrected chi connectivity index (χ4v) is 3.21. The summed E-state index contributed by atoms with van der Waals surface area (Å²) in [5.74, 6) is -1.34. The average Bonchev–Trinajstić information content (AvgIpc) is 2.64. The predicted molar refractivity (Wildman–Crippen MR) is 99.1 cm³/mol. The highest BCUT2D eigenvalue weighted by molar-refractivity contribution is 5.94. The van der Waals surface area contributed by atoms with Gasteiger partial charge in [0.2, 0.25) is 0 Å². The molecule has 128 valence electrons. The molecule has 0 atom stereocenters. The highest BCUT2D eigenvalue weighted by atomic mass is 19.1. The summed E-state index contributed by atoms with van der Waals surface area (Å²) < 4.78 is 29.0. The first-order valence-corrected chi connectivity index (χ1v) is 8.25. The van der Waals surface area contributed by atoms with Gasteiger partial charge in [-0.15, -0.1) is 0 Å². The molecule has 0 saturated carbocycles. The van der Waals surface area contributed by atoms with Gasteiger partial charge in [-0.2, -0.15) is 0 Å². The lowest BCUT2D eigenvalue weighted by Gasteiger charge is -2.14. The van der Waals surface area contributed by atoms with Crippen LogP contribution in [0.3, 0.4) is 0 Å². The van der Waals surface area contributed by atoms with Gasteiger partial charge in [0.15, 0.2) is 0 Å². The molecule has 0 saturated heterocycles. The standard InChI is InChI=1S/C22H15F2NO/c23-17-10-16(11-18(24)12-17)20-13-22(26)25(14-15-6-2-1-3-7-15)21-9-5-4-8-19(20)21/h1-13H,14H2. The van der Waals surface area contributed by atoms with E-state index < -0.39 is 11.6 Å². The molecule has 4 heteroatoms. The normalized spacial score (nSPS) is 11.0. The van der Waals surface area contributed by atoms with Crippen LogP contribution in [0.5, 0.6) is 0 Å². The van der Waals surface area contributed by atoms with E-state index in [1.54, 1.807) is 4.57 Å². The van der Waals surface area contributed by atoms with E-state index in [1.807, 2.05) is 54.6 Å². The molecular formula is C22H15F2NO. The fraction of sp³-hybridized carbons (Fsp3) is 0.0455. The summed E-state index contributed by atoms with van der Waals surface area (Å²) in [6, 6.07) is 21.8. The Labute approximate surface area is 149 Å². The fourth-order valence-electron chi connectivity index (χ4n) is 3.21. The third-order valence-electron chi connectivity index (χ3n) is 4.38. The highest BCUT2D eigenvalue weighted by Gasteiger charge is 2.12. The van der Waals surface area contributed by atoms with Crippen LogP contribution in [0.4, 0.5) is 8.78 Å². The first kappa shape index (κ1) is 16.2. The quantitative estimate of drug-likeness (QED) is 0.511. The van der Waals surface area contributed by atoms with Gasteiger partial charge < -0.3 is 4.57 Å². The van der Waals surface area contributed by atoms with E-state index in [-0.39, 0.29) is 5.56 Å². The molecule has 0 aliphatic rings. The van der Waals surface area contributed by atoms with E-state index in [2.05, 4.69) is 0 Å². The summed E-state index contributed by atoms with van der Waals surface area (Å²) in [6.07, 6.45) is 0. The van der Waals surface area contributed by atoms with E-state index in [9.17, 15) is 13.6 Å². The van der Waals surface area contributed by atoms with Crippen molar-refractivity contribution < 1.29 is 8.78 Å². The third-order valence-corrected chi connectivity index (χ3v) is 4.38. The van der Waals surface area contributed by atoms with Crippen molar-refractivity contribution in [1.29, 1.82) is 0 Å². The minimum Gasteiger partial charge on any atom is -0.304 e. The molecule has 0 radical (unpaired) electrons. The molecular weight excluding hydrogens is 332 g/mol. The molecule has 1 heterocycles. The van der Waals surface area contributed by atoms with Gasteiger partial charge in [-0.25, -0.2) is 8.78 Å². The van der Waals surface area contributed by atoms with E-state index in [0.717, 1.165) is 22.5 Å². The molecule has 0 aliphatic carbocycles. The van der Waals surface area contributed by atoms with Crippen molar-refractivity contribution in [3.8, 4) is 11.1 Å². The van der Waals surface area contributed by atoms with Crippen molar-refractivity contribution in [2.75, 3.05) is 0 Å². The molecule has 2 nitrogen and oxygen atoms in total. The Morgan fingerprint density at radius 3 is 2.15 bits per heavy atom. The number of halogens is 2. The molecule has 4 rings (SSSR count). The Kier molecular flexibility index (Phi) is 4.09. The molecule has 3 aromatic carbocycles. The molecule has 0 N–H and O–H groups in total. The Balaban J connectivity index is 1.95. The van der Waals surface area contributed by atoms with E-state index >= 15 is 0 Å². The summed E-state index contributed by atoms with van der Waals surface area (Å²) in [7, 11) is 0. The number of rotatable bonds is 3. The monoisotopic (exact) mass is 347 g/mol. The smallest absolute Gasteiger partial charge is 0.251 e. The molecule has 0 aliphatic heterocycles. The number of aromatic nitrogens is 1. The van der Waals surface area contributed by atoms with Crippen LogP contribution in [0.15, 0.2) is 83.7 Å². The maximum atomic E-state index is 13.7. The van der Waals surface area contributed by atoms with Gasteiger partial charge in [0.05, 0.1) is 12.1 Å². The largest absolute Gasteiger partial charge is 0.304 e. The van der Waals surface area contributed by atoms with Crippen LogP contribution in [0.1, 0.15) is 5.56 Å². The second-order valence-corrected chi connectivity index (χ2v) is 6.14. The first-order valence-electron chi connectivity index (χ1n) is 8.25. The predicted octanol–water partition coefficient (Wildman–Crippen LogP) is 5.00. The van der Waals surface area contributed by atoms with E-state index in [0.29, 0.717) is 17.7 Å². The summed E-state index contributed by atoms with van der Waals surface area (Å²) in [4.78, 5) is 12.8. The van der Waals surface area contributed by atoms with Crippen molar-refractivity contribution in [1.82, 2.24) is 4.57 Å². The molecule has 0 bridgehead atoms. The molecule has 0 amide bonds. The number of para-hydroxylation sites is 1. The van der Waals surface area contributed by atoms with Crippen LogP contribution >= 0.6 is 0 Å². The molecule has 1 aromatic heterocycles. The van der Waals surface area contributed by atoms with Gasteiger partial charge in [-0.1, -0.05) is 48.5 Å². The number of pyridine rings is 1. The number of hydrogen-bond acceptors (Lipinski definition) is 1. The van der Waals surface area contributed by atoms with Crippen molar-refractivity contribution in [3.05, 3.63) is 106 Å². The van der Waals surface area contributed by atoms with Crippen LogP contribution < -0.4 is 5.56 Å². The van der Waals surface area contributed by atoms with Crippen LogP contribution in [0.2, 0.25) is 0 Å². The molecule has 0 fully saturated rings. The van der Waals surface area contributed by atoms with Crippen LogP contribution in [0, 0.1) is 11.6 Å². The topological polar surface area (TPSA) is 22.0 Å². The van der Waals surface area contributed by atoms with Crippen LogP contribution in [-0.4, -0.2) is 4.57 Å². The van der Waals surface area contributed by atoms with Gasteiger partial charge in [-0.3, -0.25) is 4.79 Å². The number of hydrogen-bond donors (Lipinski definition) is 0. The second kappa shape index (κ2) is 6.56. The van der Waals surface area contributed by atoms with E-state index in [4.69, 9.17) is 0 Å². The Morgan fingerprint density at radius 1 is 0.769 bits per heavy atom.